The Labute approximate surface area is 170 Å². The van der Waals surface area contributed by atoms with Gasteiger partial charge in [0.1, 0.15) is 30.0 Å². The molecule has 0 aromatic heterocycles. The van der Waals surface area contributed by atoms with E-state index in [0.717, 1.165) is 37.6 Å². The summed E-state index contributed by atoms with van der Waals surface area (Å²) in [6.45, 7) is 5.58. The molecule has 0 N–H and O–H groups in total. The largest absolute Gasteiger partial charge is 0.495 e. The van der Waals surface area contributed by atoms with Gasteiger partial charge in [0.05, 0.1) is 12.8 Å². The quantitative estimate of drug-likeness (QED) is 0.633. The zero-order valence-corrected chi connectivity index (χ0v) is 16.8. The van der Waals surface area contributed by atoms with E-state index in [1.807, 2.05) is 18.2 Å². The third-order valence-electron chi connectivity index (χ3n) is 4.84. The summed E-state index contributed by atoms with van der Waals surface area (Å²) in [6, 6.07) is 13.8. The van der Waals surface area contributed by atoms with Crippen molar-refractivity contribution in [1.82, 2.24) is 4.90 Å². The molecule has 0 bridgehead atoms. The Hall–Kier alpha value is -2.80. The Morgan fingerprint density at radius 1 is 1.07 bits per heavy atom. The van der Waals surface area contributed by atoms with Crippen LogP contribution in [0.1, 0.15) is 6.92 Å². The Morgan fingerprint density at radius 3 is 2.41 bits per heavy atom. The number of hydrogen-bond acceptors (Lipinski definition) is 6. The molecule has 1 heterocycles. The Balaban J connectivity index is 1.53. The molecular weight excluding hydrogens is 375 g/mol. The fourth-order valence-electron chi connectivity index (χ4n) is 3.43. The second-order valence-electron chi connectivity index (χ2n) is 6.96. The summed E-state index contributed by atoms with van der Waals surface area (Å²) in [5.74, 6) is 0.753. The van der Waals surface area contributed by atoms with Gasteiger partial charge in [0.2, 0.25) is 0 Å². The lowest BCUT2D eigenvalue weighted by Crippen LogP contribution is -2.50. The average Bonchev–Trinajstić information content (AvgIpc) is 2.73. The molecule has 156 valence electrons. The van der Waals surface area contributed by atoms with Crippen molar-refractivity contribution in [1.29, 1.82) is 0 Å². The third-order valence-corrected chi connectivity index (χ3v) is 4.84. The highest BCUT2D eigenvalue weighted by molar-refractivity contribution is 5.66. The molecular formula is C22H27FN2O4. The second-order valence-corrected chi connectivity index (χ2v) is 6.96. The van der Waals surface area contributed by atoms with E-state index in [1.165, 1.54) is 19.1 Å². The number of methoxy groups -OCH3 is 1. The first-order valence-corrected chi connectivity index (χ1v) is 9.71. The molecule has 0 amide bonds. The number of benzene rings is 2. The minimum Gasteiger partial charge on any atom is -0.495 e. The summed E-state index contributed by atoms with van der Waals surface area (Å²) in [5.41, 5.74) is 1.09. The number of hydrogen-bond donors (Lipinski definition) is 0. The lowest BCUT2D eigenvalue weighted by atomic mass is 10.2. The van der Waals surface area contributed by atoms with Crippen molar-refractivity contribution >= 4 is 11.7 Å². The van der Waals surface area contributed by atoms with E-state index in [2.05, 4.69) is 15.9 Å². The number of para-hydroxylation sites is 2. The summed E-state index contributed by atoms with van der Waals surface area (Å²) >= 11 is 0. The molecule has 0 radical (unpaired) electrons. The zero-order chi connectivity index (χ0) is 20.6. The van der Waals surface area contributed by atoms with Crippen LogP contribution in [0.2, 0.25) is 0 Å². The van der Waals surface area contributed by atoms with Gasteiger partial charge < -0.3 is 19.1 Å². The van der Waals surface area contributed by atoms with Gasteiger partial charge in [-0.15, -0.1) is 0 Å². The van der Waals surface area contributed by atoms with Gasteiger partial charge in [-0.2, -0.15) is 0 Å². The molecule has 1 aliphatic heterocycles. The van der Waals surface area contributed by atoms with E-state index in [0.29, 0.717) is 12.3 Å². The van der Waals surface area contributed by atoms with Gasteiger partial charge in [0.25, 0.3) is 0 Å². The van der Waals surface area contributed by atoms with Gasteiger partial charge in [-0.1, -0.05) is 12.1 Å². The van der Waals surface area contributed by atoms with Gasteiger partial charge in [0, 0.05) is 39.6 Å². The fraction of sp³-hybridized carbons (Fsp3) is 0.409. The molecule has 0 spiro atoms. The fourth-order valence-corrected chi connectivity index (χ4v) is 3.43. The molecule has 1 aliphatic rings. The number of carbonyl (C=O) groups excluding carboxylic acids is 1. The molecule has 0 saturated carbocycles. The second kappa shape index (κ2) is 10.1. The molecule has 6 nitrogen and oxygen atoms in total. The van der Waals surface area contributed by atoms with E-state index in [9.17, 15) is 9.18 Å². The number of halogens is 1. The van der Waals surface area contributed by atoms with Crippen LogP contribution in [-0.2, 0) is 9.53 Å². The number of esters is 1. The molecule has 2 aromatic carbocycles. The van der Waals surface area contributed by atoms with Crippen LogP contribution in [0.4, 0.5) is 10.1 Å². The summed E-state index contributed by atoms with van der Waals surface area (Å²) in [6.07, 6.45) is -0.393. The molecule has 7 heteroatoms. The minimum absolute atomic E-state index is 0.220. The SMILES string of the molecule is COc1ccccc1N1CCN(CC(COc2ccc(F)cc2)OC(C)=O)CC1. The molecule has 0 aliphatic carbocycles. The lowest BCUT2D eigenvalue weighted by molar-refractivity contribution is -0.148. The Bertz CT molecular complexity index is 792. The van der Waals surface area contributed by atoms with Crippen molar-refractivity contribution in [3.05, 3.63) is 54.3 Å². The van der Waals surface area contributed by atoms with Gasteiger partial charge >= 0.3 is 5.97 Å². The topological polar surface area (TPSA) is 51.2 Å². The number of piperazine rings is 1. The molecule has 29 heavy (non-hydrogen) atoms. The van der Waals surface area contributed by atoms with Crippen LogP contribution in [0.15, 0.2) is 48.5 Å². The van der Waals surface area contributed by atoms with E-state index in [-0.39, 0.29) is 18.4 Å². The lowest BCUT2D eigenvalue weighted by Gasteiger charge is -2.37. The predicted octanol–water partition coefficient (Wildman–Crippen LogP) is 2.97. The predicted molar refractivity (Wildman–Crippen MR) is 109 cm³/mol. The van der Waals surface area contributed by atoms with E-state index >= 15 is 0 Å². The normalized spacial score (nSPS) is 15.6. The van der Waals surface area contributed by atoms with Crippen LogP contribution >= 0.6 is 0 Å². The first-order valence-electron chi connectivity index (χ1n) is 9.71. The average molecular weight is 402 g/mol. The standard InChI is InChI=1S/C22H27FN2O4/c1-17(26)29-20(16-28-19-9-7-18(23)8-10-19)15-24-11-13-25(14-12-24)21-5-3-4-6-22(21)27-2/h3-10,20H,11-16H2,1-2H3. The number of nitrogens with zero attached hydrogens (tertiary/aromatic N) is 2. The number of rotatable bonds is 8. The maximum Gasteiger partial charge on any atom is 0.303 e. The zero-order valence-electron chi connectivity index (χ0n) is 16.8. The number of ether oxygens (including phenoxy) is 3. The highest BCUT2D eigenvalue weighted by Gasteiger charge is 2.23. The Kier molecular flexibility index (Phi) is 7.30. The molecule has 1 fully saturated rings. The van der Waals surface area contributed by atoms with Crippen molar-refractivity contribution in [3.63, 3.8) is 0 Å². The van der Waals surface area contributed by atoms with Crippen molar-refractivity contribution in [2.45, 2.75) is 13.0 Å². The van der Waals surface area contributed by atoms with E-state index in [1.54, 1.807) is 19.2 Å². The first-order chi connectivity index (χ1) is 14.0. The van der Waals surface area contributed by atoms with Gasteiger partial charge in [-0.05, 0) is 36.4 Å². The van der Waals surface area contributed by atoms with Gasteiger partial charge in [0.15, 0.2) is 0 Å². The maximum absolute atomic E-state index is 13.0. The smallest absolute Gasteiger partial charge is 0.303 e. The number of anilines is 1. The maximum atomic E-state index is 13.0. The summed E-state index contributed by atoms with van der Waals surface area (Å²) in [5, 5.41) is 0. The molecule has 1 atom stereocenters. The van der Waals surface area contributed by atoms with Crippen molar-refractivity contribution in [2.24, 2.45) is 0 Å². The molecule has 3 rings (SSSR count). The first kappa shape index (κ1) is 20.9. The third kappa shape index (κ3) is 6.09. The van der Waals surface area contributed by atoms with Crippen LogP contribution < -0.4 is 14.4 Å². The molecule has 1 saturated heterocycles. The number of carbonyl (C=O) groups is 1. The van der Waals surface area contributed by atoms with Crippen LogP contribution in [0.3, 0.4) is 0 Å². The van der Waals surface area contributed by atoms with E-state index in [4.69, 9.17) is 14.2 Å². The molecule has 1 unspecified atom stereocenters. The summed E-state index contributed by atoms with van der Waals surface area (Å²) in [4.78, 5) is 16.0. The summed E-state index contributed by atoms with van der Waals surface area (Å²) < 4.78 is 29.6. The molecule has 2 aromatic rings. The minimum atomic E-state index is -0.393. The van der Waals surface area contributed by atoms with Crippen LogP contribution in [0.5, 0.6) is 11.5 Å². The van der Waals surface area contributed by atoms with Crippen LogP contribution in [0, 0.1) is 5.82 Å². The van der Waals surface area contributed by atoms with Crippen molar-refractivity contribution < 1.29 is 23.4 Å². The van der Waals surface area contributed by atoms with Crippen molar-refractivity contribution in [2.75, 3.05) is 51.3 Å². The van der Waals surface area contributed by atoms with E-state index < -0.39 is 6.10 Å². The van der Waals surface area contributed by atoms with Gasteiger partial charge in [-0.3, -0.25) is 9.69 Å². The van der Waals surface area contributed by atoms with Gasteiger partial charge in [-0.25, -0.2) is 4.39 Å². The van der Waals surface area contributed by atoms with Crippen molar-refractivity contribution in [3.8, 4) is 11.5 Å². The monoisotopic (exact) mass is 402 g/mol. The highest BCUT2D eigenvalue weighted by atomic mass is 19.1. The highest BCUT2D eigenvalue weighted by Crippen LogP contribution is 2.28. The summed E-state index contributed by atoms with van der Waals surface area (Å²) in [7, 11) is 1.68. The Morgan fingerprint density at radius 2 is 1.76 bits per heavy atom. The van der Waals surface area contributed by atoms with Crippen LogP contribution in [-0.4, -0.2) is 63.4 Å². The van der Waals surface area contributed by atoms with Crippen LogP contribution in [0.25, 0.3) is 0 Å².